The summed E-state index contributed by atoms with van der Waals surface area (Å²) in [6.45, 7) is 4.45. The Hall–Kier alpha value is -1.41. The van der Waals surface area contributed by atoms with Crippen LogP contribution < -0.4 is 5.32 Å². The molecule has 0 fully saturated rings. The molecular weight excluding hydrogens is 250 g/mol. The lowest BCUT2D eigenvalue weighted by atomic mass is 10.0. The van der Waals surface area contributed by atoms with Crippen molar-refractivity contribution >= 4 is 17.4 Å². The fourth-order valence-corrected chi connectivity index (χ4v) is 3.68. The van der Waals surface area contributed by atoms with Crippen LogP contribution in [0.1, 0.15) is 30.5 Å². The topological polar surface area (TPSA) is 12.0 Å². The highest BCUT2D eigenvalue weighted by atomic mass is 32.2. The summed E-state index contributed by atoms with van der Waals surface area (Å²) in [5.74, 6) is 0. The number of aryl methyl sites for hydroxylation is 1. The minimum atomic E-state index is 0.409. The first-order chi connectivity index (χ1) is 9.22. The Labute approximate surface area is 119 Å². The van der Waals surface area contributed by atoms with Crippen molar-refractivity contribution in [3.8, 4) is 0 Å². The third kappa shape index (κ3) is 2.79. The Bertz CT molecular complexity index is 562. The van der Waals surface area contributed by atoms with E-state index in [1.54, 1.807) is 0 Å². The number of benzene rings is 2. The largest absolute Gasteiger partial charge is 0.377 e. The fourth-order valence-electron chi connectivity index (χ4n) is 2.55. The number of rotatable bonds is 1. The van der Waals surface area contributed by atoms with Gasteiger partial charge in [-0.15, -0.1) is 11.8 Å². The summed E-state index contributed by atoms with van der Waals surface area (Å²) in [4.78, 5) is 1.37. The third-order valence-corrected chi connectivity index (χ3v) is 4.80. The third-order valence-electron chi connectivity index (χ3n) is 3.59. The van der Waals surface area contributed by atoms with Gasteiger partial charge in [-0.1, -0.05) is 48.9 Å². The second-order valence-electron chi connectivity index (χ2n) is 5.27. The van der Waals surface area contributed by atoms with Crippen molar-refractivity contribution in [2.75, 3.05) is 5.32 Å². The van der Waals surface area contributed by atoms with Crippen molar-refractivity contribution in [1.82, 2.24) is 0 Å². The van der Waals surface area contributed by atoms with Crippen LogP contribution in [-0.2, 0) is 0 Å². The van der Waals surface area contributed by atoms with Gasteiger partial charge in [0.05, 0.1) is 6.04 Å². The smallest absolute Gasteiger partial charge is 0.0524 e. The molecule has 0 bridgehead atoms. The van der Waals surface area contributed by atoms with E-state index in [0.717, 1.165) is 6.42 Å². The molecule has 19 heavy (non-hydrogen) atoms. The molecule has 1 aliphatic heterocycles. The highest BCUT2D eigenvalue weighted by Gasteiger charge is 2.21. The number of thioether (sulfide) groups is 1. The molecule has 2 aromatic rings. The van der Waals surface area contributed by atoms with Crippen LogP contribution in [0.15, 0.2) is 53.4 Å². The van der Waals surface area contributed by atoms with E-state index in [4.69, 9.17) is 0 Å². The Morgan fingerprint density at radius 3 is 2.58 bits per heavy atom. The molecule has 0 aromatic heterocycles. The van der Waals surface area contributed by atoms with Crippen LogP contribution in [0.5, 0.6) is 0 Å². The van der Waals surface area contributed by atoms with Crippen molar-refractivity contribution in [1.29, 1.82) is 0 Å². The molecule has 1 aliphatic rings. The van der Waals surface area contributed by atoms with Crippen LogP contribution in [0.4, 0.5) is 5.69 Å². The molecule has 1 heterocycles. The first kappa shape index (κ1) is 12.6. The number of fused-ring (bicyclic) bond motifs is 1. The van der Waals surface area contributed by atoms with E-state index in [1.165, 1.54) is 21.7 Å². The van der Waals surface area contributed by atoms with Crippen molar-refractivity contribution < 1.29 is 0 Å². The van der Waals surface area contributed by atoms with Crippen LogP contribution in [0, 0.1) is 6.92 Å². The maximum absolute atomic E-state index is 3.70. The predicted octanol–water partition coefficient (Wildman–Crippen LogP) is 5.03. The van der Waals surface area contributed by atoms with Crippen LogP contribution in [-0.4, -0.2) is 5.25 Å². The van der Waals surface area contributed by atoms with E-state index >= 15 is 0 Å². The van der Waals surface area contributed by atoms with Crippen molar-refractivity contribution in [3.05, 3.63) is 59.7 Å². The Balaban J connectivity index is 1.93. The molecule has 0 saturated carbocycles. The first-order valence-electron chi connectivity index (χ1n) is 6.81. The molecular formula is C17H19NS. The number of nitrogens with one attached hydrogen (secondary N) is 1. The normalized spacial score (nSPS) is 22.2. The van der Waals surface area contributed by atoms with Crippen molar-refractivity contribution in [2.24, 2.45) is 0 Å². The molecule has 0 spiro atoms. The number of hydrogen-bond donors (Lipinski definition) is 1. The van der Waals surface area contributed by atoms with E-state index in [0.29, 0.717) is 11.3 Å². The maximum Gasteiger partial charge on any atom is 0.0524 e. The highest BCUT2D eigenvalue weighted by molar-refractivity contribution is 8.00. The van der Waals surface area contributed by atoms with Crippen LogP contribution in [0.2, 0.25) is 0 Å². The summed E-state index contributed by atoms with van der Waals surface area (Å²) < 4.78 is 0. The van der Waals surface area contributed by atoms with Gasteiger partial charge in [-0.2, -0.15) is 0 Å². The zero-order valence-electron chi connectivity index (χ0n) is 11.4. The van der Waals surface area contributed by atoms with Crippen LogP contribution in [0.3, 0.4) is 0 Å². The van der Waals surface area contributed by atoms with Crippen molar-refractivity contribution in [3.63, 3.8) is 0 Å². The molecule has 3 rings (SSSR count). The molecule has 1 N–H and O–H groups in total. The van der Waals surface area contributed by atoms with Gasteiger partial charge in [0, 0.05) is 15.8 Å². The van der Waals surface area contributed by atoms with E-state index < -0.39 is 0 Å². The molecule has 0 saturated heterocycles. The Morgan fingerprint density at radius 1 is 1.05 bits per heavy atom. The lowest BCUT2D eigenvalue weighted by Gasteiger charge is -2.19. The SMILES string of the molecule is Cc1ccc(C2CC(C)Sc3ccccc3N2)cc1. The summed E-state index contributed by atoms with van der Waals surface area (Å²) in [5.41, 5.74) is 3.97. The van der Waals surface area contributed by atoms with Gasteiger partial charge in [-0.05, 0) is 31.0 Å². The van der Waals surface area contributed by atoms with Gasteiger partial charge < -0.3 is 5.32 Å². The van der Waals surface area contributed by atoms with Gasteiger partial charge in [-0.3, -0.25) is 0 Å². The molecule has 2 unspecified atom stereocenters. The summed E-state index contributed by atoms with van der Waals surface area (Å²) in [6, 6.07) is 17.9. The molecule has 0 radical (unpaired) electrons. The van der Waals surface area contributed by atoms with E-state index in [2.05, 4.69) is 67.7 Å². The van der Waals surface area contributed by atoms with Gasteiger partial charge in [0.1, 0.15) is 0 Å². The lowest BCUT2D eigenvalue weighted by molar-refractivity contribution is 0.694. The monoisotopic (exact) mass is 269 g/mol. The molecule has 0 amide bonds. The highest BCUT2D eigenvalue weighted by Crippen LogP contribution is 2.40. The molecule has 2 heteroatoms. The molecule has 2 aromatic carbocycles. The van der Waals surface area contributed by atoms with Crippen LogP contribution >= 0.6 is 11.8 Å². The fraction of sp³-hybridized carbons (Fsp3) is 0.294. The lowest BCUT2D eigenvalue weighted by Crippen LogP contribution is -2.12. The van der Waals surface area contributed by atoms with Gasteiger partial charge in [0.15, 0.2) is 0 Å². The van der Waals surface area contributed by atoms with Gasteiger partial charge in [0.2, 0.25) is 0 Å². The molecule has 1 nitrogen and oxygen atoms in total. The molecule has 2 atom stereocenters. The summed E-state index contributed by atoms with van der Waals surface area (Å²) in [6.07, 6.45) is 1.16. The summed E-state index contributed by atoms with van der Waals surface area (Å²) in [7, 11) is 0. The zero-order valence-corrected chi connectivity index (χ0v) is 12.2. The number of anilines is 1. The van der Waals surface area contributed by atoms with E-state index in [-0.39, 0.29) is 0 Å². The minimum Gasteiger partial charge on any atom is -0.377 e. The second-order valence-corrected chi connectivity index (χ2v) is 6.75. The van der Waals surface area contributed by atoms with Crippen LogP contribution in [0.25, 0.3) is 0 Å². The minimum absolute atomic E-state index is 0.409. The Morgan fingerprint density at radius 2 is 1.79 bits per heavy atom. The standard InChI is InChI=1S/C17H19NS/c1-12-7-9-14(10-8-12)16-11-13(2)19-17-6-4-3-5-15(17)18-16/h3-10,13,16,18H,11H2,1-2H3. The van der Waals surface area contributed by atoms with Gasteiger partial charge in [0.25, 0.3) is 0 Å². The zero-order chi connectivity index (χ0) is 13.2. The average molecular weight is 269 g/mol. The summed E-state index contributed by atoms with van der Waals surface area (Å²) >= 11 is 1.97. The van der Waals surface area contributed by atoms with Crippen molar-refractivity contribution in [2.45, 2.75) is 36.5 Å². The molecule has 98 valence electrons. The quantitative estimate of drug-likeness (QED) is 0.779. The maximum atomic E-state index is 3.70. The van der Waals surface area contributed by atoms with Gasteiger partial charge in [-0.25, -0.2) is 0 Å². The Kier molecular flexibility index (Phi) is 3.52. The van der Waals surface area contributed by atoms with E-state index in [1.807, 2.05) is 11.8 Å². The average Bonchev–Trinajstić information content (AvgIpc) is 2.57. The predicted molar refractivity (Wildman–Crippen MR) is 83.9 cm³/mol. The number of hydrogen-bond acceptors (Lipinski definition) is 2. The first-order valence-corrected chi connectivity index (χ1v) is 7.69. The number of para-hydroxylation sites is 1. The summed E-state index contributed by atoms with van der Waals surface area (Å²) in [5, 5.41) is 4.33. The molecule has 0 aliphatic carbocycles. The van der Waals surface area contributed by atoms with Gasteiger partial charge >= 0.3 is 0 Å². The van der Waals surface area contributed by atoms with E-state index in [9.17, 15) is 0 Å². The second kappa shape index (κ2) is 5.30.